The zero-order valence-corrected chi connectivity index (χ0v) is 15.0. The van der Waals surface area contributed by atoms with Gasteiger partial charge in [0, 0.05) is 37.3 Å². The summed E-state index contributed by atoms with van der Waals surface area (Å²) in [4.78, 5) is 25.3. The molecule has 6 nitrogen and oxygen atoms in total. The van der Waals surface area contributed by atoms with Crippen LogP contribution in [-0.4, -0.2) is 36.3 Å². The van der Waals surface area contributed by atoms with Gasteiger partial charge in [-0.25, -0.2) is 0 Å². The molecule has 2 N–H and O–H groups in total. The Kier molecular flexibility index (Phi) is 7.11. The zero-order chi connectivity index (χ0) is 18.2. The van der Waals surface area contributed by atoms with Crippen molar-refractivity contribution in [3.63, 3.8) is 0 Å². The highest BCUT2D eigenvalue weighted by Crippen LogP contribution is 2.25. The molecule has 0 aromatic heterocycles. The Balaban J connectivity index is 1.82. The first kappa shape index (κ1) is 19.1. The van der Waals surface area contributed by atoms with Crippen LogP contribution < -0.4 is 10.6 Å². The number of amides is 2. The normalized spacial score (nSPS) is 14.4. The van der Waals surface area contributed by atoms with Crippen molar-refractivity contribution in [1.82, 2.24) is 10.2 Å². The maximum absolute atomic E-state index is 12.0. The third kappa shape index (κ3) is 5.66. The molecule has 25 heavy (non-hydrogen) atoms. The van der Waals surface area contributed by atoms with E-state index in [2.05, 4.69) is 10.6 Å². The van der Waals surface area contributed by atoms with E-state index in [1.165, 1.54) is 6.20 Å². The first-order valence-electron chi connectivity index (χ1n) is 7.89. The fourth-order valence-corrected chi connectivity index (χ4v) is 2.76. The quantitative estimate of drug-likeness (QED) is 0.432. The predicted octanol–water partition coefficient (Wildman–Crippen LogP) is 2.94. The third-order valence-corrected chi connectivity index (χ3v) is 4.29. The van der Waals surface area contributed by atoms with E-state index in [0.29, 0.717) is 41.7 Å². The van der Waals surface area contributed by atoms with Crippen LogP contribution in [0.5, 0.6) is 0 Å². The van der Waals surface area contributed by atoms with Crippen molar-refractivity contribution in [3.05, 3.63) is 40.0 Å². The number of carbonyl (C=O) groups is 2. The number of likely N-dealkylation sites (tertiary alicyclic amines) is 1. The lowest BCUT2D eigenvalue weighted by molar-refractivity contribution is -0.127. The van der Waals surface area contributed by atoms with Crippen molar-refractivity contribution in [1.29, 1.82) is 5.26 Å². The fraction of sp³-hybridized carbons (Fsp3) is 0.353. The molecule has 1 aromatic rings. The highest BCUT2D eigenvalue weighted by Gasteiger charge is 2.19. The summed E-state index contributed by atoms with van der Waals surface area (Å²) >= 11 is 11.9. The summed E-state index contributed by atoms with van der Waals surface area (Å²) in [6, 6.07) is 6.70. The maximum Gasteiger partial charge on any atom is 0.263 e. The molecule has 1 fully saturated rings. The topological polar surface area (TPSA) is 85.2 Å². The highest BCUT2D eigenvalue weighted by atomic mass is 35.5. The summed E-state index contributed by atoms with van der Waals surface area (Å²) in [6.45, 7) is 1.78. The Hall–Kier alpha value is -2.23. The minimum absolute atomic E-state index is 0.0757. The van der Waals surface area contributed by atoms with Gasteiger partial charge in [0.25, 0.3) is 5.91 Å². The number of halogens is 2. The molecule has 0 unspecified atom stereocenters. The smallest absolute Gasteiger partial charge is 0.263 e. The molecule has 2 amide bonds. The average molecular weight is 381 g/mol. The zero-order valence-electron chi connectivity index (χ0n) is 13.5. The van der Waals surface area contributed by atoms with E-state index in [-0.39, 0.29) is 11.5 Å². The van der Waals surface area contributed by atoms with Crippen molar-refractivity contribution in [2.75, 3.05) is 25.0 Å². The number of benzene rings is 1. The van der Waals surface area contributed by atoms with Crippen molar-refractivity contribution in [2.24, 2.45) is 0 Å². The first-order valence-corrected chi connectivity index (χ1v) is 8.64. The molecular weight excluding hydrogens is 363 g/mol. The molecule has 1 aliphatic rings. The van der Waals surface area contributed by atoms with Crippen molar-refractivity contribution in [3.8, 4) is 6.07 Å². The van der Waals surface area contributed by atoms with Gasteiger partial charge in [-0.05, 0) is 31.0 Å². The van der Waals surface area contributed by atoms with Gasteiger partial charge in [0.05, 0.1) is 10.7 Å². The Morgan fingerprint density at radius 3 is 2.88 bits per heavy atom. The molecule has 2 rings (SSSR count). The Bertz CT molecular complexity index is 728. The van der Waals surface area contributed by atoms with Gasteiger partial charge in [-0.3, -0.25) is 9.59 Å². The van der Waals surface area contributed by atoms with Gasteiger partial charge in [0.2, 0.25) is 5.91 Å². The predicted molar refractivity (Wildman–Crippen MR) is 97.2 cm³/mol. The number of anilines is 1. The van der Waals surface area contributed by atoms with Crippen LogP contribution in [0.4, 0.5) is 5.69 Å². The number of nitrogens with zero attached hydrogens (tertiary/aromatic N) is 2. The molecule has 132 valence electrons. The molecule has 0 atom stereocenters. The molecule has 1 aliphatic heterocycles. The van der Waals surface area contributed by atoms with Gasteiger partial charge in [0.15, 0.2) is 0 Å². The lowest BCUT2D eigenvalue weighted by Crippen LogP contribution is -2.31. The minimum atomic E-state index is -0.485. The molecule has 0 saturated carbocycles. The molecule has 0 radical (unpaired) electrons. The Labute approximate surface area is 156 Å². The number of hydrogen-bond acceptors (Lipinski definition) is 4. The largest absolute Gasteiger partial charge is 0.359 e. The molecule has 0 aliphatic carbocycles. The monoisotopic (exact) mass is 380 g/mol. The molecule has 1 saturated heterocycles. The Morgan fingerprint density at radius 2 is 2.20 bits per heavy atom. The highest BCUT2D eigenvalue weighted by molar-refractivity contribution is 6.35. The van der Waals surface area contributed by atoms with E-state index in [4.69, 9.17) is 28.5 Å². The lowest BCUT2D eigenvalue weighted by atomic mass is 10.2. The van der Waals surface area contributed by atoms with E-state index < -0.39 is 5.91 Å². The maximum atomic E-state index is 12.0. The summed E-state index contributed by atoms with van der Waals surface area (Å²) in [6.07, 6.45) is 3.43. The van der Waals surface area contributed by atoms with E-state index in [1.54, 1.807) is 23.1 Å². The van der Waals surface area contributed by atoms with Crippen molar-refractivity contribution in [2.45, 2.75) is 19.3 Å². The van der Waals surface area contributed by atoms with Crippen LogP contribution in [0.1, 0.15) is 19.3 Å². The van der Waals surface area contributed by atoms with Crippen LogP contribution >= 0.6 is 23.2 Å². The number of nitriles is 1. The van der Waals surface area contributed by atoms with Crippen LogP contribution in [0.25, 0.3) is 0 Å². The second kappa shape index (κ2) is 9.30. The summed E-state index contributed by atoms with van der Waals surface area (Å²) in [5.41, 5.74) is 0.426. The van der Waals surface area contributed by atoms with E-state index in [1.807, 2.05) is 6.07 Å². The van der Waals surface area contributed by atoms with Gasteiger partial charge in [-0.1, -0.05) is 23.2 Å². The van der Waals surface area contributed by atoms with Gasteiger partial charge in [0.1, 0.15) is 11.6 Å². The molecule has 1 aromatic carbocycles. The second-order valence-corrected chi connectivity index (χ2v) is 6.38. The number of carbonyl (C=O) groups excluding carboxylic acids is 2. The van der Waals surface area contributed by atoms with Crippen LogP contribution in [0.15, 0.2) is 30.0 Å². The van der Waals surface area contributed by atoms with Crippen LogP contribution in [0.2, 0.25) is 10.0 Å². The minimum Gasteiger partial charge on any atom is -0.359 e. The van der Waals surface area contributed by atoms with E-state index >= 15 is 0 Å². The second-order valence-electron chi connectivity index (χ2n) is 5.53. The fourth-order valence-electron chi connectivity index (χ4n) is 2.41. The van der Waals surface area contributed by atoms with Crippen LogP contribution in [-0.2, 0) is 9.59 Å². The van der Waals surface area contributed by atoms with Crippen LogP contribution in [0.3, 0.4) is 0 Å². The SMILES string of the molecule is N#C/C(=C/Nc1cc(Cl)ccc1Cl)C(=O)NCCCN1CCCC1=O. The third-order valence-electron chi connectivity index (χ3n) is 3.73. The van der Waals surface area contributed by atoms with Gasteiger partial charge < -0.3 is 15.5 Å². The molecule has 0 spiro atoms. The van der Waals surface area contributed by atoms with E-state index in [0.717, 1.165) is 13.0 Å². The lowest BCUT2D eigenvalue weighted by Gasteiger charge is -2.15. The van der Waals surface area contributed by atoms with Gasteiger partial charge >= 0.3 is 0 Å². The van der Waals surface area contributed by atoms with Crippen molar-refractivity contribution < 1.29 is 9.59 Å². The molecule has 0 bridgehead atoms. The summed E-state index contributed by atoms with van der Waals surface area (Å²) in [5.74, 6) is -0.326. The van der Waals surface area contributed by atoms with Gasteiger partial charge in [-0.15, -0.1) is 0 Å². The van der Waals surface area contributed by atoms with Gasteiger partial charge in [-0.2, -0.15) is 5.26 Å². The number of nitrogens with one attached hydrogen (secondary N) is 2. The van der Waals surface area contributed by atoms with Crippen LogP contribution in [0, 0.1) is 11.3 Å². The number of hydrogen-bond donors (Lipinski definition) is 2. The molecular formula is C17H18Cl2N4O2. The summed E-state index contributed by atoms with van der Waals surface area (Å²) in [5, 5.41) is 15.5. The van der Waals surface area contributed by atoms with Crippen molar-refractivity contribution >= 4 is 40.7 Å². The molecule has 8 heteroatoms. The Morgan fingerprint density at radius 1 is 1.40 bits per heavy atom. The molecule has 1 heterocycles. The standard InChI is InChI=1S/C17H18Cl2N4O2/c18-13-4-5-14(19)15(9-13)22-11-12(10-20)17(25)21-6-2-8-23-7-1-3-16(23)24/h4-5,9,11,22H,1-3,6-8H2,(H,21,25)/b12-11-. The summed E-state index contributed by atoms with van der Waals surface area (Å²) in [7, 11) is 0. The summed E-state index contributed by atoms with van der Waals surface area (Å²) < 4.78 is 0. The average Bonchev–Trinajstić information content (AvgIpc) is 3.00. The number of rotatable bonds is 7. The van der Waals surface area contributed by atoms with E-state index in [9.17, 15) is 9.59 Å². The first-order chi connectivity index (χ1) is 12.0.